The second kappa shape index (κ2) is 5.68. The Bertz CT molecular complexity index is 394. The molecular formula is C12H15IN2O2. The van der Waals surface area contributed by atoms with Crippen LogP contribution in [0, 0.1) is 3.57 Å². The van der Waals surface area contributed by atoms with E-state index in [-0.39, 0.29) is 12.1 Å². The van der Waals surface area contributed by atoms with Gasteiger partial charge in [0, 0.05) is 22.3 Å². The summed E-state index contributed by atoms with van der Waals surface area (Å²) < 4.78 is 1.13. The van der Waals surface area contributed by atoms with Gasteiger partial charge in [0.1, 0.15) is 0 Å². The fraction of sp³-hybridized carbons (Fsp3) is 0.417. The smallest absolute Gasteiger partial charge is 0.321 e. The molecule has 0 unspecified atom stereocenters. The van der Waals surface area contributed by atoms with E-state index in [0.29, 0.717) is 13.1 Å². The highest BCUT2D eigenvalue weighted by molar-refractivity contribution is 14.1. The summed E-state index contributed by atoms with van der Waals surface area (Å²) in [6.45, 7) is 1.14. The molecule has 0 aliphatic carbocycles. The minimum atomic E-state index is -0.383. The molecule has 2 rings (SSSR count). The number of nitrogens with one attached hydrogen (secondary N) is 1. The van der Waals surface area contributed by atoms with Gasteiger partial charge < -0.3 is 15.3 Å². The van der Waals surface area contributed by atoms with Gasteiger partial charge in [0.05, 0.1) is 6.10 Å². The zero-order valence-electron chi connectivity index (χ0n) is 9.40. The van der Waals surface area contributed by atoms with Crippen molar-refractivity contribution in [2.45, 2.75) is 18.9 Å². The molecule has 1 aliphatic rings. The molecule has 1 aromatic carbocycles. The Balaban J connectivity index is 1.94. The van der Waals surface area contributed by atoms with Crippen LogP contribution in [0.5, 0.6) is 0 Å². The van der Waals surface area contributed by atoms with Crippen molar-refractivity contribution in [2.24, 2.45) is 0 Å². The lowest BCUT2D eigenvalue weighted by Gasteiger charge is -2.30. The van der Waals surface area contributed by atoms with Gasteiger partial charge >= 0.3 is 6.03 Å². The average molecular weight is 346 g/mol. The number of anilines is 1. The molecule has 0 radical (unpaired) electrons. The van der Waals surface area contributed by atoms with Crippen LogP contribution in [-0.2, 0) is 0 Å². The summed E-state index contributed by atoms with van der Waals surface area (Å²) in [5, 5.41) is 12.3. The predicted octanol–water partition coefficient (Wildman–Crippen LogP) is 2.28. The molecule has 5 heteroatoms. The van der Waals surface area contributed by atoms with Crippen molar-refractivity contribution in [3.63, 3.8) is 0 Å². The second-order valence-electron chi connectivity index (χ2n) is 4.18. The van der Waals surface area contributed by atoms with Crippen molar-refractivity contribution in [3.8, 4) is 0 Å². The number of β-amino-alcohol motifs (C(OH)–C–C–N with tert-alkyl or cyclic N) is 1. The van der Waals surface area contributed by atoms with E-state index < -0.39 is 0 Å². The van der Waals surface area contributed by atoms with Crippen LogP contribution >= 0.6 is 22.6 Å². The Morgan fingerprint density at radius 1 is 1.41 bits per heavy atom. The molecule has 2 N–H and O–H groups in total. The third-order valence-corrected chi connectivity index (χ3v) is 3.50. The highest BCUT2D eigenvalue weighted by Crippen LogP contribution is 2.14. The number of carbonyl (C=O) groups excluding carboxylic acids is 1. The standard InChI is InChI=1S/C12H15IN2O2/c13-9-3-5-10(6-4-9)14-12(17)15-7-1-2-11(16)8-15/h3-6,11,16H,1-2,7-8H2,(H,14,17)/t11-/m0/s1. The van der Waals surface area contributed by atoms with Crippen molar-refractivity contribution in [3.05, 3.63) is 27.8 Å². The first-order chi connectivity index (χ1) is 8.15. The van der Waals surface area contributed by atoms with Crippen LogP contribution in [0.15, 0.2) is 24.3 Å². The van der Waals surface area contributed by atoms with E-state index in [0.717, 1.165) is 22.1 Å². The van der Waals surface area contributed by atoms with Gasteiger partial charge in [-0.1, -0.05) is 0 Å². The molecular weight excluding hydrogens is 331 g/mol. The summed E-state index contributed by atoms with van der Waals surface area (Å²) in [6.07, 6.45) is 1.26. The minimum Gasteiger partial charge on any atom is -0.391 e. The molecule has 0 bridgehead atoms. The molecule has 0 spiro atoms. The topological polar surface area (TPSA) is 52.6 Å². The third kappa shape index (κ3) is 3.57. The maximum absolute atomic E-state index is 11.9. The first-order valence-electron chi connectivity index (χ1n) is 5.65. The van der Waals surface area contributed by atoms with Gasteiger partial charge in [-0.25, -0.2) is 4.79 Å². The van der Waals surface area contributed by atoms with Crippen LogP contribution in [0.2, 0.25) is 0 Å². The molecule has 1 aliphatic heterocycles. The van der Waals surface area contributed by atoms with Gasteiger partial charge in [0.15, 0.2) is 0 Å². The highest BCUT2D eigenvalue weighted by atomic mass is 127. The number of benzene rings is 1. The number of likely N-dealkylation sites (tertiary alicyclic amines) is 1. The van der Waals surface area contributed by atoms with Crippen LogP contribution in [0.1, 0.15) is 12.8 Å². The number of aliphatic hydroxyl groups is 1. The van der Waals surface area contributed by atoms with Gasteiger partial charge in [-0.2, -0.15) is 0 Å². The number of aliphatic hydroxyl groups excluding tert-OH is 1. The molecule has 1 fully saturated rings. The number of hydrogen-bond donors (Lipinski definition) is 2. The molecule has 0 aromatic heterocycles. The summed E-state index contributed by atoms with van der Waals surface area (Å²) in [5.74, 6) is 0. The molecule has 4 nitrogen and oxygen atoms in total. The van der Waals surface area contributed by atoms with Crippen LogP contribution in [0.25, 0.3) is 0 Å². The summed E-state index contributed by atoms with van der Waals surface area (Å²) in [4.78, 5) is 13.6. The largest absolute Gasteiger partial charge is 0.391 e. The number of piperidine rings is 1. The normalized spacial score (nSPS) is 20.1. The average Bonchev–Trinajstić information content (AvgIpc) is 2.32. The van der Waals surface area contributed by atoms with Crippen molar-refractivity contribution < 1.29 is 9.90 Å². The van der Waals surface area contributed by atoms with Gasteiger partial charge in [-0.05, 0) is 59.7 Å². The maximum atomic E-state index is 11.9. The van der Waals surface area contributed by atoms with Crippen LogP contribution in [0.4, 0.5) is 10.5 Å². The maximum Gasteiger partial charge on any atom is 0.321 e. The van der Waals surface area contributed by atoms with E-state index in [1.807, 2.05) is 24.3 Å². The van der Waals surface area contributed by atoms with E-state index in [1.54, 1.807) is 4.90 Å². The number of carbonyl (C=O) groups is 1. The number of urea groups is 1. The number of nitrogens with zero attached hydrogens (tertiary/aromatic N) is 1. The lowest BCUT2D eigenvalue weighted by Crippen LogP contribution is -2.44. The Labute approximate surface area is 114 Å². The Kier molecular flexibility index (Phi) is 4.22. The molecule has 92 valence electrons. The molecule has 0 saturated carbocycles. The number of halogens is 1. The lowest BCUT2D eigenvalue weighted by molar-refractivity contribution is 0.0883. The fourth-order valence-electron chi connectivity index (χ4n) is 1.87. The number of amides is 2. The minimum absolute atomic E-state index is 0.134. The number of rotatable bonds is 1. The zero-order valence-corrected chi connectivity index (χ0v) is 11.6. The monoisotopic (exact) mass is 346 g/mol. The van der Waals surface area contributed by atoms with Crippen LogP contribution in [-0.4, -0.2) is 35.2 Å². The molecule has 2 amide bonds. The van der Waals surface area contributed by atoms with Crippen LogP contribution in [0.3, 0.4) is 0 Å². The highest BCUT2D eigenvalue weighted by Gasteiger charge is 2.21. The van der Waals surface area contributed by atoms with E-state index >= 15 is 0 Å². The van der Waals surface area contributed by atoms with Gasteiger partial charge in [0.25, 0.3) is 0 Å². The van der Waals surface area contributed by atoms with E-state index in [2.05, 4.69) is 27.9 Å². The van der Waals surface area contributed by atoms with Crippen molar-refractivity contribution in [1.82, 2.24) is 4.90 Å². The van der Waals surface area contributed by atoms with E-state index in [1.165, 1.54) is 0 Å². The van der Waals surface area contributed by atoms with Crippen molar-refractivity contribution >= 4 is 34.3 Å². The predicted molar refractivity (Wildman–Crippen MR) is 75.0 cm³/mol. The number of hydrogen-bond acceptors (Lipinski definition) is 2. The molecule has 1 heterocycles. The van der Waals surface area contributed by atoms with Crippen LogP contribution < -0.4 is 5.32 Å². The van der Waals surface area contributed by atoms with Gasteiger partial charge in [-0.15, -0.1) is 0 Å². The van der Waals surface area contributed by atoms with E-state index in [9.17, 15) is 9.90 Å². The summed E-state index contributed by atoms with van der Waals surface area (Å²) >= 11 is 2.22. The second-order valence-corrected chi connectivity index (χ2v) is 5.42. The zero-order chi connectivity index (χ0) is 12.3. The Morgan fingerprint density at radius 3 is 2.76 bits per heavy atom. The van der Waals surface area contributed by atoms with Gasteiger partial charge in [0.2, 0.25) is 0 Å². The molecule has 17 heavy (non-hydrogen) atoms. The summed E-state index contributed by atoms with van der Waals surface area (Å²) in [7, 11) is 0. The summed E-state index contributed by atoms with van der Waals surface area (Å²) in [5.41, 5.74) is 0.787. The van der Waals surface area contributed by atoms with Crippen molar-refractivity contribution in [2.75, 3.05) is 18.4 Å². The summed E-state index contributed by atoms with van der Waals surface area (Å²) in [6, 6.07) is 7.51. The molecule has 1 saturated heterocycles. The fourth-order valence-corrected chi connectivity index (χ4v) is 2.23. The first-order valence-corrected chi connectivity index (χ1v) is 6.72. The Hall–Kier alpha value is -0.820. The molecule has 1 aromatic rings. The lowest BCUT2D eigenvalue weighted by atomic mass is 10.1. The van der Waals surface area contributed by atoms with E-state index in [4.69, 9.17) is 0 Å². The first kappa shape index (κ1) is 12.6. The van der Waals surface area contributed by atoms with Crippen molar-refractivity contribution in [1.29, 1.82) is 0 Å². The third-order valence-electron chi connectivity index (χ3n) is 2.78. The quantitative estimate of drug-likeness (QED) is 0.767. The SMILES string of the molecule is O=C(Nc1ccc(I)cc1)N1CCC[C@H](O)C1. The molecule has 1 atom stereocenters. The Morgan fingerprint density at radius 2 is 2.12 bits per heavy atom. The van der Waals surface area contributed by atoms with Gasteiger partial charge in [-0.3, -0.25) is 0 Å².